The number of nitrogens with one attached hydrogen (secondary N) is 1. The van der Waals surface area contributed by atoms with Gasteiger partial charge >= 0.3 is 0 Å². The molecule has 0 heterocycles. The second-order valence-corrected chi connectivity index (χ2v) is 3.81. The van der Waals surface area contributed by atoms with Crippen LogP contribution in [0.25, 0.3) is 0 Å². The first-order valence-corrected chi connectivity index (χ1v) is 5.87. The van der Waals surface area contributed by atoms with Crippen molar-refractivity contribution in [3.8, 4) is 0 Å². The summed E-state index contributed by atoms with van der Waals surface area (Å²) in [6.07, 6.45) is 9.28. The molecule has 0 aliphatic heterocycles. The fourth-order valence-corrected chi connectivity index (χ4v) is 1.39. The Morgan fingerprint density at radius 2 is 1.80 bits per heavy atom. The molecule has 0 fully saturated rings. The Morgan fingerprint density at radius 3 is 2.40 bits per heavy atom. The highest BCUT2D eigenvalue weighted by Crippen LogP contribution is 1.99. The summed E-state index contributed by atoms with van der Waals surface area (Å²) >= 11 is 0. The largest absolute Gasteiger partial charge is 0.370 e. The van der Waals surface area contributed by atoms with Gasteiger partial charge in [-0.2, -0.15) is 0 Å². The van der Waals surface area contributed by atoms with Crippen molar-refractivity contribution in [3.05, 3.63) is 12.7 Å². The van der Waals surface area contributed by atoms with E-state index in [9.17, 15) is 4.79 Å². The molecule has 3 heteroatoms. The van der Waals surface area contributed by atoms with Gasteiger partial charge in [-0.1, -0.05) is 12.5 Å². The summed E-state index contributed by atoms with van der Waals surface area (Å²) in [5.74, 6) is -0.195. The first kappa shape index (κ1) is 14.2. The van der Waals surface area contributed by atoms with Gasteiger partial charge in [0.25, 0.3) is 0 Å². The molecule has 0 saturated heterocycles. The van der Waals surface area contributed by atoms with E-state index in [0.29, 0.717) is 6.42 Å². The third kappa shape index (κ3) is 13.2. The van der Waals surface area contributed by atoms with Gasteiger partial charge in [0.05, 0.1) is 0 Å². The molecule has 0 aliphatic rings. The molecule has 0 rings (SSSR count). The maximum Gasteiger partial charge on any atom is 0.217 e. The molecule has 0 aromatic rings. The molecule has 0 unspecified atom stereocenters. The van der Waals surface area contributed by atoms with Crippen LogP contribution in [0.15, 0.2) is 12.7 Å². The molecule has 3 N–H and O–H groups in total. The lowest BCUT2D eigenvalue weighted by molar-refractivity contribution is -0.118. The van der Waals surface area contributed by atoms with Crippen molar-refractivity contribution >= 4 is 5.91 Å². The van der Waals surface area contributed by atoms with Crippen molar-refractivity contribution in [3.63, 3.8) is 0 Å². The van der Waals surface area contributed by atoms with E-state index >= 15 is 0 Å². The van der Waals surface area contributed by atoms with Gasteiger partial charge in [0.2, 0.25) is 5.91 Å². The molecule has 0 aliphatic carbocycles. The van der Waals surface area contributed by atoms with Crippen molar-refractivity contribution in [1.82, 2.24) is 5.32 Å². The summed E-state index contributed by atoms with van der Waals surface area (Å²) in [7, 11) is 0. The van der Waals surface area contributed by atoms with Gasteiger partial charge < -0.3 is 11.1 Å². The van der Waals surface area contributed by atoms with Crippen LogP contribution in [0.1, 0.15) is 44.9 Å². The minimum atomic E-state index is -0.195. The first-order valence-electron chi connectivity index (χ1n) is 5.87. The third-order valence-electron chi connectivity index (χ3n) is 2.29. The number of hydrogen-bond acceptors (Lipinski definition) is 2. The van der Waals surface area contributed by atoms with Crippen LogP contribution in [0, 0.1) is 0 Å². The molecule has 0 aromatic carbocycles. The number of rotatable bonds is 11. The number of carbonyl (C=O) groups excluding carboxylic acids is 1. The molecule has 88 valence electrons. The Kier molecular flexibility index (Phi) is 10.6. The molecule has 3 nitrogen and oxygen atoms in total. The predicted octanol–water partition coefficient (Wildman–Crippen LogP) is 1.98. The molecule has 0 bridgehead atoms. The maximum absolute atomic E-state index is 10.4. The lowest BCUT2D eigenvalue weighted by Crippen LogP contribution is -2.17. The van der Waals surface area contributed by atoms with Crippen LogP contribution in [-0.2, 0) is 4.79 Å². The van der Waals surface area contributed by atoms with Crippen LogP contribution >= 0.6 is 0 Å². The van der Waals surface area contributed by atoms with Crippen LogP contribution < -0.4 is 11.1 Å². The van der Waals surface area contributed by atoms with E-state index in [1.54, 1.807) is 0 Å². The van der Waals surface area contributed by atoms with E-state index in [4.69, 9.17) is 5.73 Å². The van der Waals surface area contributed by atoms with Gasteiger partial charge in [-0.15, -0.1) is 6.58 Å². The molecule has 0 aromatic heterocycles. The van der Waals surface area contributed by atoms with E-state index in [2.05, 4.69) is 11.9 Å². The smallest absolute Gasteiger partial charge is 0.217 e. The standard InChI is InChI=1S/C12H24N2O/c1-2-3-4-5-7-10-14-11-8-6-9-12(13)15/h2,14H,1,3-11H2,(H2,13,15). The molecule has 0 spiro atoms. The van der Waals surface area contributed by atoms with E-state index in [1.807, 2.05) is 6.08 Å². The quantitative estimate of drug-likeness (QED) is 0.406. The van der Waals surface area contributed by atoms with Crippen molar-refractivity contribution in [2.24, 2.45) is 5.73 Å². The number of nitrogens with two attached hydrogens (primary N) is 1. The maximum atomic E-state index is 10.4. The Balaban J connectivity index is 2.92. The molecular formula is C12H24N2O. The van der Waals surface area contributed by atoms with Crippen LogP contribution in [-0.4, -0.2) is 19.0 Å². The monoisotopic (exact) mass is 212 g/mol. The van der Waals surface area contributed by atoms with Crippen molar-refractivity contribution in [2.45, 2.75) is 44.9 Å². The van der Waals surface area contributed by atoms with Crippen LogP contribution in [0.3, 0.4) is 0 Å². The lowest BCUT2D eigenvalue weighted by atomic mass is 10.2. The molecule has 15 heavy (non-hydrogen) atoms. The molecular weight excluding hydrogens is 188 g/mol. The Morgan fingerprint density at radius 1 is 1.13 bits per heavy atom. The van der Waals surface area contributed by atoms with Crippen LogP contribution in [0.5, 0.6) is 0 Å². The number of allylic oxidation sites excluding steroid dienone is 1. The normalized spacial score (nSPS) is 10.1. The summed E-state index contributed by atoms with van der Waals surface area (Å²) in [5.41, 5.74) is 5.03. The fourth-order valence-electron chi connectivity index (χ4n) is 1.39. The van der Waals surface area contributed by atoms with E-state index in [1.165, 1.54) is 19.3 Å². The second-order valence-electron chi connectivity index (χ2n) is 3.81. The fraction of sp³-hybridized carbons (Fsp3) is 0.750. The molecule has 0 saturated carbocycles. The average molecular weight is 212 g/mol. The van der Waals surface area contributed by atoms with Crippen molar-refractivity contribution in [1.29, 1.82) is 0 Å². The SMILES string of the molecule is C=CCCCCCNCCCCC(N)=O. The number of unbranched alkanes of at least 4 members (excludes halogenated alkanes) is 4. The van der Waals surface area contributed by atoms with Gasteiger partial charge in [0.1, 0.15) is 0 Å². The highest BCUT2D eigenvalue weighted by atomic mass is 16.1. The Hall–Kier alpha value is -0.830. The second kappa shape index (κ2) is 11.2. The Bertz CT molecular complexity index is 169. The summed E-state index contributed by atoms with van der Waals surface area (Å²) < 4.78 is 0. The van der Waals surface area contributed by atoms with E-state index in [0.717, 1.165) is 32.4 Å². The number of hydrogen-bond donors (Lipinski definition) is 2. The van der Waals surface area contributed by atoms with Gasteiger partial charge in [0, 0.05) is 6.42 Å². The minimum Gasteiger partial charge on any atom is -0.370 e. The van der Waals surface area contributed by atoms with E-state index in [-0.39, 0.29) is 5.91 Å². The zero-order valence-corrected chi connectivity index (χ0v) is 9.63. The van der Waals surface area contributed by atoms with Crippen molar-refractivity contribution in [2.75, 3.05) is 13.1 Å². The van der Waals surface area contributed by atoms with Gasteiger partial charge in [-0.25, -0.2) is 0 Å². The summed E-state index contributed by atoms with van der Waals surface area (Å²) in [4.78, 5) is 10.4. The molecule has 0 atom stereocenters. The van der Waals surface area contributed by atoms with Crippen LogP contribution in [0.4, 0.5) is 0 Å². The summed E-state index contributed by atoms with van der Waals surface area (Å²) in [5, 5.41) is 3.36. The minimum absolute atomic E-state index is 0.195. The predicted molar refractivity (Wildman–Crippen MR) is 64.6 cm³/mol. The topological polar surface area (TPSA) is 55.1 Å². The van der Waals surface area contributed by atoms with Crippen molar-refractivity contribution < 1.29 is 4.79 Å². The van der Waals surface area contributed by atoms with Gasteiger partial charge in [-0.3, -0.25) is 4.79 Å². The number of primary amides is 1. The zero-order chi connectivity index (χ0) is 11.4. The van der Waals surface area contributed by atoms with Crippen LogP contribution in [0.2, 0.25) is 0 Å². The zero-order valence-electron chi connectivity index (χ0n) is 9.63. The number of carbonyl (C=O) groups is 1. The number of amides is 1. The average Bonchev–Trinajstić information content (AvgIpc) is 2.20. The molecule has 1 amide bonds. The summed E-state index contributed by atoms with van der Waals surface area (Å²) in [6, 6.07) is 0. The lowest BCUT2D eigenvalue weighted by Gasteiger charge is -2.03. The van der Waals surface area contributed by atoms with Gasteiger partial charge in [-0.05, 0) is 45.2 Å². The first-order chi connectivity index (χ1) is 7.27. The summed E-state index contributed by atoms with van der Waals surface area (Å²) in [6.45, 7) is 5.76. The third-order valence-corrected chi connectivity index (χ3v) is 2.29. The Labute approximate surface area is 93.1 Å². The highest BCUT2D eigenvalue weighted by Gasteiger charge is 1.93. The molecule has 0 radical (unpaired) electrons. The van der Waals surface area contributed by atoms with Gasteiger partial charge in [0.15, 0.2) is 0 Å². The van der Waals surface area contributed by atoms with E-state index < -0.39 is 0 Å². The highest BCUT2D eigenvalue weighted by molar-refractivity contribution is 5.73.